The van der Waals surface area contributed by atoms with E-state index in [1.807, 2.05) is 32.6 Å². The zero-order valence-corrected chi connectivity index (χ0v) is 10.2. The van der Waals surface area contributed by atoms with Gasteiger partial charge in [-0.15, -0.1) is 0 Å². The van der Waals surface area contributed by atoms with Crippen LogP contribution in [0.15, 0.2) is 4.79 Å². The summed E-state index contributed by atoms with van der Waals surface area (Å²) < 4.78 is 0. The summed E-state index contributed by atoms with van der Waals surface area (Å²) in [6, 6.07) is 0.218. The molecule has 0 atom stereocenters. The summed E-state index contributed by atoms with van der Waals surface area (Å²) in [6.07, 6.45) is 0. The first kappa shape index (κ1) is 12.5. The number of anilines is 2. The van der Waals surface area contributed by atoms with E-state index >= 15 is 0 Å². The van der Waals surface area contributed by atoms with Crippen LogP contribution in [0.4, 0.5) is 11.9 Å². The number of aromatic amines is 1. The molecule has 1 aromatic rings. The number of aromatic nitrogens is 3. The van der Waals surface area contributed by atoms with E-state index in [-0.39, 0.29) is 11.7 Å². The summed E-state index contributed by atoms with van der Waals surface area (Å²) in [5.41, 5.74) is -0.375. The molecule has 1 aromatic heterocycles. The molecule has 0 aliphatic rings. The standard InChI is InChI=1S/C10H19N5O/c1-5-15(6-2)9-12-8(11-7(3)4)13-10(16)14-9/h7H,5-6H2,1-4H3,(H2,11,12,13,14,16). The molecule has 1 heterocycles. The van der Waals surface area contributed by atoms with Crippen molar-refractivity contribution in [1.82, 2.24) is 15.0 Å². The van der Waals surface area contributed by atoms with Crippen LogP contribution in [0.1, 0.15) is 27.7 Å². The molecule has 0 bridgehead atoms. The predicted molar refractivity (Wildman–Crippen MR) is 65.0 cm³/mol. The Morgan fingerprint density at radius 3 is 2.44 bits per heavy atom. The van der Waals surface area contributed by atoms with Gasteiger partial charge in [0.2, 0.25) is 11.9 Å². The second-order valence-corrected chi connectivity index (χ2v) is 3.77. The van der Waals surface area contributed by atoms with Crippen molar-refractivity contribution >= 4 is 11.9 Å². The lowest BCUT2D eigenvalue weighted by Gasteiger charge is -2.18. The summed E-state index contributed by atoms with van der Waals surface area (Å²) in [5.74, 6) is 0.939. The van der Waals surface area contributed by atoms with Crippen molar-refractivity contribution in [1.29, 1.82) is 0 Å². The molecule has 0 fully saturated rings. The van der Waals surface area contributed by atoms with Crippen molar-refractivity contribution in [2.75, 3.05) is 23.3 Å². The molecule has 2 N–H and O–H groups in total. The van der Waals surface area contributed by atoms with Gasteiger partial charge in [-0.1, -0.05) is 0 Å². The van der Waals surface area contributed by atoms with Crippen molar-refractivity contribution in [3.63, 3.8) is 0 Å². The van der Waals surface area contributed by atoms with Crippen LogP contribution in [0.25, 0.3) is 0 Å². The van der Waals surface area contributed by atoms with Gasteiger partial charge in [-0.2, -0.15) is 9.97 Å². The van der Waals surface area contributed by atoms with Crippen molar-refractivity contribution in [3.05, 3.63) is 10.5 Å². The zero-order chi connectivity index (χ0) is 12.1. The van der Waals surface area contributed by atoms with Gasteiger partial charge in [0.25, 0.3) is 0 Å². The van der Waals surface area contributed by atoms with Crippen molar-refractivity contribution in [3.8, 4) is 0 Å². The van der Waals surface area contributed by atoms with Crippen LogP contribution in [0.2, 0.25) is 0 Å². The van der Waals surface area contributed by atoms with E-state index in [1.165, 1.54) is 0 Å². The molecule has 6 heteroatoms. The lowest BCUT2D eigenvalue weighted by Crippen LogP contribution is -2.29. The highest BCUT2D eigenvalue weighted by Gasteiger charge is 2.08. The first-order valence-electron chi connectivity index (χ1n) is 5.56. The van der Waals surface area contributed by atoms with E-state index in [0.29, 0.717) is 11.9 Å². The SMILES string of the molecule is CCN(CC)c1nc(NC(C)C)[nH]c(=O)n1. The third kappa shape index (κ3) is 3.22. The maximum atomic E-state index is 11.4. The number of rotatable bonds is 5. The van der Waals surface area contributed by atoms with Crippen LogP contribution in [0, 0.1) is 0 Å². The average Bonchev–Trinajstić information content (AvgIpc) is 2.17. The average molecular weight is 225 g/mol. The number of hydrogen-bond acceptors (Lipinski definition) is 5. The van der Waals surface area contributed by atoms with E-state index in [1.54, 1.807) is 0 Å². The quantitative estimate of drug-likeness (QED) is 0.776. The summed E-state index contributed by atoms with van der Waals surface area (Å²) in [7, 11) is 0. The summed E-state index contributed by atoms with van der Waals surface area (Å²) in [5, 5.41) is 3.06. The normalized spacial score (nSPS) is 10.6. The Balaban J connectivity index is 3.02. The molecule has 1 rings (SSSR count). The lowest BCUT2D eigenvalue weighted by atomic mass is 10.4. The minimum absolute atomic E-state index is 0.218. The molecule has 0 saturated carbocycles. The molecule has 90 valence electrons. The Kier molecular flexibility index (Phi) is 4.28. The summed E-state index contributed by atoms with van der Waals surface area (Å²) in [6.45, 7) is 9.53. The third-order valence-electron chi connectivity index (χ3n) is 2.11. The molecule has 0 unspecified atom stereocenters. The summed E-state index contributed by atoms with van der Waals surface area (Å²) in [4.78, 5) is 24.0. The maximum absolute atomic E-state index is 11.4. The molecule has 0 amide bonds. The monoisotopic (exact) mass is 225 g/mol. The predicted octanol–water partition coefficient (Wildman–Crippen LogP) is 0.831. The largest absolute Gasteiger partial charge is 0.353 e. The van der Waals surface area contributed by atoms with Gasteiger partial charge in [0.05, 0.1) is 0 Å². The highest BCUT2D eigenvalue weighted by molar-refractivity contribution is 5.35. The van der Waals surface area contributed by atoms with Gasteiger partial charge in [0, 0.05) is 19.1 Å². The zero-order valence-electron chi connectivity index (χ0n) is 10.2. The van der Waals surface area contributed by atoms with Gasteiger partial charge in [-0.25, -0.2) is 4.79 Å². The van der Waals surface area contributed by atoms with E-state index < -0.39 is 0 Å². The summed E-state index contributed by atoms with van der Waals surface area (Å²) >= 11 is 0. The van der Waals surface area contributed by atoms with E-state index in [0.717, 1.165) is 13.1 Å². The molecule has 0 aliphatic heterocycles. The van der Waals surface area contributed by atoms with Crippen LogP contribution >= 0.6 is 0 Å². The maximum Gasteiger partial charge on any atom is 0.350 e. The van der Waals surface area contributed by atoms with Gasteiger partial charge in [-0.05, 0) is 27.7 Å². The van der Waals surface area contributed by atoms with Crippen LogP contribution in [-0.2, 0) is 0 Å². The molecular formula is C10H19N5O. The second kappa shape index (κ2) is 5.48. The molecule has 0 aromatic carbocycles. The first-order chi connectivity index (χ1) is 7.56. The Morgan fingerprint density at radius 1 is 1.31 bits per heavy atom. The fourth-order valence-corrected chi connectivity index (χ4v) is 1.36. The number of nitrogens with zero attached hydrogens (tertiary/aromatic N) is 3. The van der Waals surface area contributed by atoms with E-state index in [2.05, 4.69) is 20.3 Å². The van der Waals surface area contributed by atoms with Crippen LogP contribution < -0.4 is 15.9 Å². The molecule has 0 aliphatic carbocycles. The molecule has 0 saturated heterocycles. The van der Waals surface area contributed by atoms with Crippen molar-refractivity contribution in [2.45, 2.75) is 33.7 Å². The lowest BCUT2D eigenvalue weighted by molar-refractivity contribution is 0.792. The van der Waals surface area contributed by atoms with Gasteiger partial charge >= 0.3 is 5.69 Å². The highest BCUT2D eigenvalue weighted by atomic mass is 16.1. The molecular weight excluding hydrogens is 206 g/mol. The number of hydrogen-bond donors (Lipinski definition) is 2. The highest BCUT2D eigenvalue weighted by Crippen LogP contribution is 2.06. The van der Waals surface area contributed by atoms with Gasteiger partial charge < -0.3 is 10.2 Å². The Morgan fingerprint density at radius 2 is 1.94 bits per heavy atom. The fraction of sp³-hybridized carbons (Fsp3) is 0.700. The van der Waals surface area contributed by atoms with Crippen molar-refractivity contribution in [2.24, 2.45) is 0 Å². The van der Waals surface area contributed by atoms with Gasteiger partial charge in [-0.3, -0.25) is 4.98 Å². The Bertz CT molecular complexity index is 383. The number of H-pyrrole nitrogens is 1. The Labute approximate surface area is 95.1 Å². The smallest absolute Gasteiger partial charge is 0.350 e. The number of nitrogens with one attached hydrogen (secondary N) is 2. The van der Waals surface area contributed by atoms with Crippen molar-refractivity contribution < 1.29 is 0 Å². The first-order valence-corrected chi connectivity index (χ1v) is 5.56. The second-order valence-electron chi connectivity index (χ2n) is 3.77. The van der Waals surface area contributed by atoms with Gasteiger partial charge in [0.15, 0.2) is 0 Å². The molecule has 0 radical (unpaired) electrons. The molecule has 0 spiro atoms. The van der Waals surface area contributed by atoms with Crippen LogP contribution in [-0.4, -0.2) is 34.1 Å². The Hall–Kier alpha value is -1.59. The fourth-order valence-electron chi connectivity index (χ4n) is 1.36. The van der Waals surface area contributed by atoms with E-state index in [4.69, 9.17) is 0 Å². The van der Waals surface area contributed by atoms with Crippen LogP contribution in [0.5, 0.6) is 0 Å². The third-order valence-corrected chi connectivity index (χ3v) is 2.11. The van der Waals surface area contributed by atoms with E-state index in [9.17, 15) is 4.79 Å². The minimum Gasteiger partial charge on any atom is -0.353 e. The molecule has 16 heavy (non-hydrogen) atoms. The minimum atomic E-state index is -0.375. The van der Waals surface area contributed by atoms with Crippen LogP contribution in [0.3, 0.4) is 0 Å². The molecule has 6 nitrogen and oxygen atoms in total. The topological polar surface area (TPSA) is 73.9 Å². The van der Waals surface area contributed by atoms with Gasteiger partial charge in [0.1, 0.15) is 0 Å².